The van der Waals surface area contributed by atoms with E-state index in [1.165, 1.54) is 11.1 Å². The standard InChI is InChI=1S/C21H27ClF3N5O3/c1-14(21(23,24)25)33-19(32)29-11-6-20(7-12-29)5-4-10-30(20)17(31)15-13-26-18(22)27-16(15)28-8-2-3-9-28/h13-14H,2-12H2,1H3. The van der Waals surface area contributed by atoms with Gasteiger partial charge in [0.1, 0.15) is 11.4 Å². The van der Waals surface area contributed by atoms with E-state index in [0.717, 1.165) is 45.7 Å². The van der Waals surface area contributed by atoms with Crippen LogP contribution in [0.25, 0.3) is 0 Å². The van der Waals surface area contributed by atoms with Crippen molar-refractivity contribution < 1.29 is 27.5 Å². The molecule has 8 nitrogen and oxygen atoms in total. The van der Waals surface area contributed by atoms with Crippen LogP contribution >= 0.6 is 11.6 Å². The Kier molecular flexibility index (Phi) is 6.61. The van der Waals surface area contributed by atoms with Crippen molar-refractivity contribution in [1.29, 1.82) is 0 Å². The Hall–Kier alpha value is -2.30. The highest BCUT2D eigenvalue weighted by atomic mass is 35.5. The molecule has 1 aromatic rings. The first-order valence-corrected chi connectivity index (χ1v) is 11.6. The minimum atomic E-state index is -4.60. The Morgan fingerprint density at radius 1 is 1.09 bits per heavy atom. The highest BCUT2D eigenvalue weighted by Crippen LogP contribution is 2.40. The van der Waals surface area contributed by atoms with Gasteiger partial charge in [0, 0.05) is 44.5 Å². The number of halogens is 4. The third-order valence-electron chi connectivity index (χ3n) is 6.91. The fourth-order valence-corrected chi connectivity index (χ4v) is 5.12. The van der Waals surface area contributed by atoms with E-state index in [0.29, 0.717) is 30.8 Å². The maximum absolute atomic E-state index is 13.6. The zero-order valence-electron chi connectivity index (χ0n) is 18.4. The number of amides is 2. The van der Waals surface area contributed by atoms with Crippen LogP contribution in [0.15, 0.2) is 6.20 Å². The Morgan fingerprint density at radius 2 is 1.76 bits per heavy atom. The number of hydrogen-bond donors (Lipinski definition) is 0. The Balaban J connectivity index is 1.47. The Bertz CT molecular complexity index is 902. The summed E-state index contributed by atoms with van der Waals surface area (Å²) >= 11 is 6.02. The summed E-state index contributed by atoms with van der Waals surface area (Å²) in [5.74, 6) is 0.370. The largest absolute Gasteiger partial charge is 0.437 e. The average Bonchev–Trinajstić information content (AvgIpc) is 3.43. The van der Waals surface area contributed by atoms with Gasteiger partial charge in [0.25, 0.3) is 5.91 Å². The smallest absolute Gasteiger partial charge is 0.425 e. The molecule has 0 aliphatic carbocycles. The molecule has 3 saturated heterocycles. The number of carbonyl (C=O) groups excluding carboxylic acids is 2. The molecule has 0 radical (unpaired) electrons. The first-order chi connectivity index (χ1) is 15.6. The molecule has 33 heavy (non-hydrogen) atoms. The number of carbonyl (C=O) groups is 2. The van der Waals surface area contributed by atoms with Crippen LogP contribution in [0.4, 0.5) is 23.8 Å². The summed E-state index contributed by atoms with van der Waals surface area (Å²) in [6, 6.07) is 0. The van der Waals surface area contributed by atoms with Crippen molar-refractivity contribution >= 4 is 29.4 Å². The van der Waals surface area contributed by atoms with Gasteiger partial charge in [-0.1, -0.05) is 0 Å². The summed E-state index contributed by atoms with van der Waals surface area (Å²) in [5, 5.41) is 0.0875. The summed E-state index contributed by atoms with van der Waals surface area (Å²) < 4.78 is 42.8. The summed E-state index contributed by atoms with van der Waals surface area (Å²) in [5.41, 5.74) is -0.0470. The number of aromatic nitrogens is 2. The van der Waals surface area contributed by atoms with Crippen molar-refractivity contribution in [3.8, 4) is 0 Å². The van der Waals surface area contributed by atoms with E-state index < -0.39 is 23.9 Å². The minimum Gasteiger partial charge on any atom is -0.437 e. The molecule has 1 aromatic heterocycles. The number of nitrogens with zero attached hydrogens (tertiary/aromatic N) is 5. The fraction of sp³-hybridized carbons (Fsp3) is 0.714. The van der Waals surface area contributed by atoms with Gasteiger partial charge in [-0.15, -0.1) is 0 Å². The molecule has 182 valence electrons. The second-order valence-electron chi connectivity index (χ2n) is 8.91. The molecule has 4 rings (SSSR count). The molecule has 3 aliphatic rings. The lowest BCUT2D eigenvalue weighted by molar-refractivity contribution is -0.200. The lowest BCUT2D eigenvalue weighted by Gasteiger charge is -2.45. The van der Waals surface area contributed by atoms with Crippen LogP contribution in [0.2, 0.25) is 5.28 Å². The quantitative estimate of drug-likeness (QED) is 0.599. The molecule has 0 saturated carbocycles. The molecule has 12 heteroatoms. The van der Waals surface area contributed by atoms with Crippen molar-refractivity contribution in [3.05, 3.63) is 17.0 Å². The maximum atomic E-state index is 13.6. The molecule has 0 N–H and O–H groups in total. The van der Waals surface area contributed by atoms with E-state index in [2.05, 4.69) is 14.7 Å². The van der Waals surface area contributed by atoms with Crippen LogP contribution in [0, 0.1) is 0 Å². The Labute approximate surface area is 195 Å². The highest BCUT2D eigenvalue weighted by molar-refractivity contribution is 6.28. The number of hydrogen-bond acceptors (Lipinski definition) is 6. The van der Waals surface area contributed by atoms with E-state index in [4.69, 9.17) is 11.6 Å². The van der Waals surface area contributed by atoms with E-state index in [9.17, 15) is 22.8 Å². The van der Waals surface area contributed by atoms with Gasteiger partial charge in [-0.25, -0.2) is 9.78 Å². The summed E-state index contributed by atoms with van der Waals surface area (Å²) in [6.07, 6.45) is -1.71. The molecular weight excluding hydrogens is 463 g/mol. The van der Waals surface area contributed by atoms with Gasteiger partial charge in [0.15, 0.2) is 6.10 Å². The predicted octanol–water partition coefficient (Wildman–Crippen LogP) is 3.89. The highest BCUT2D eigenvalue weighted by Gasteiger charge is 2.48. The minimum absolute atomic E-state index is 0.0875. The van der Waals surface area contributed by atoms with Crippen molar-refractivity contribution in [2.45, 2.75) is 63.3 Å². The van der Waals surface area contributed by atoms with Gasteiger partial charge >= 0.3 is 12.3 Å². The number of ether oxygens (including phenoxy) is 1. The third-order valence-corrected chi connectivity index (χ3v) is 7.09. The molecule has 1 spiro atoms. The van der Waals surface area contributed by atoms with E-state index in [-0.39, 0.29) is 24.3 Å². The van der Waals surface area contributed by atoms with Gasteiger partial charge in [-0.05, 0) is 57.0 Å². The normalized spacial score (nSPS) is 21.5. The van der Waals surface area contributed by atoms with Crippen LogP contribution in [0.1, 0.15) is 55.8 Å². The third kappa shape index (κ3) is 4.83. The molecule has 1 atom stereocenters. The molecule has 4 heterocycles. The predicted molar refractivity (Wildman–Crippen MR) is 114 cm³/mol. The lowest BCUT2D eigenvalue weighted by atomic mass is 9.84. The number of likely N-dealkylation sites (tertiary alicyclic amines) is 2. The Morgan fingerprint density at radius 3 is 2.39 bits per heavy atom. The molecule has 3 aliphatic heterocycles. The van der Waals surface area contributed by atoms with Gasteiger partial charge in [-0.2, -0.15) is 18.2 Å². The van der Waals surface area contributed by atoms with Crippen LogP contribution in [0.5, 0.6) is 0 Å². The number of piperidine rings is 1. The van der Waals surface area contributed by atoms with Crippen molar-refractivity contribution in [2.75, 3.05) is 37.6 Å². The summed E-state index contributed by atoms with van der Waals surface area (Å²) in [6.45, 7) is 3.42. The van der Waals surface area contributed by atoms with Crippen molar-refractivity contribution in [1.82, 2.24) is 19.8 Å². The van der Waals surface area contributed by atoms with Crippen molar-refractivity contribution in [3.63, 3.8) is 0 Å². The first kappa shape index (κ1) is 23.8. The van der Waals surface area contributed by atoms with Gasteiger partial charge in [-0.3, -0.25) is 4.79 Å². The van der Waals surface area contributed by atoms with Gasteiger partial charge in [0.05, 0.1) is 0 Å². The van der Waals surface area contributed by atoms with E-state index >= 15 is 0 Å². The number of alkyl halides is 3. The maximum Gasteiger partial charge on any atom is 0.425 e. The van der Waals surface area contributed by atoms with Gasteiger partial charge < -0.3 is 19.4 Å². The molecular formula is C21H27ClF3N5O3. The molecule has 2 amide bonds. The second kappa shape index (κ2) is 9.15. The van der Waals surface area contributed by atoms with E-state index in [1.54, 1.807) is 0 Å². The number of anilines is 1. The van der Waals surface area contributed by atoms with Crippen LogP contribution in [0.3, 0.4) is 0 Å². The summed E-state index contributed by atoms with van der Waals surface area (Å²) in [7, 11) is 0. The number of rotatable bonds is 3. The second-order valence-corrected chi connectivity index (χ2v) is 9.25. The molecule has 0 bridgehead atoms. The zero-order valence-corrected chi connectivity index (χ0v) is 19.2. The van der Waals surface area contributed by atoms with Crippen LogP contribution in [-0.2, 0) is 4.74 Å². The molecule has 3 fully saturated rings. The van der Waals surface area contributed by atoms with Crippen molar-refractivity contribution in [2.24, 2.45) is 0 Å². The summed E-state index contributed by atoms with van der Waals surface area (Å²) in [4.78, 5) is 39.4. The molecule has 1 unspecified atom stereocenters. The molecule has 0 aromatic carbocycles. The van der Waals surface area contributed by atoms with E-state index in [1.807, 2.05) is 9.80 Å². The fourth-order valence-electron chi connectivity index (χ4n) is 4.99. The SMILES string of the molecule is CC(OC(=O)N1CCC2(CCCN2C(=O)c2cnc(Cl)nc2N2CCCC2)CC1)C(F)(F)F. The van der Waals surface area contributed by atoms with Gasteiger partial charge in [0.2, 0.25) is 5.28 Å². The average molecular weight is 490 g/mol. The lowest BCUT2D eigenvalue weighted by Crippen LogP contribution is -2.55. The van der Waals surface area contributed by atoms with Crippen LogP contribution < -0.4 is 4.90 Å². The monoisotopic (exact) mass is 489 g/mol. The zero-order chi connectivity index (χ0) is 23.8. The first-order valence-electron chi connectivity index (χ1n) is 11.2. The van der Waals surface area contributed by atoms with Crippen LogP contribution in [-0.4, -0.2) is 82.3 Å². The topological polar surface area (TPSA) is 78.9 Å².